The highest BCUT2D eigenvalue weighted by Crippen LogP contribution is 2.35. The van der Waals surface area contributed by atoms with Crippen molar-refractivity contribution in [3.63, 3.8) is 0 Å². The van der Waals surface area contributed by atoms with Crippen molar-refractivity contribution in [2.24, 2.45) is 4.99 Å². The van der Waals surface area contributed by atoms with Crippen molar-refractivity contribution in [3.05, 3.63) is 52.0 Å². The predicted octanol–water partition coefficient (Wildman–Crippen LogP) is 5.49. The van der Waals surface area contributed by atoms with Crippen molar-refractivity contribution in [1.29, 1.82) is 0 Å². The maximum Gasteiger partial charge on any atom is 0.0910 e. The minimum atomic E-state index is 0.663. The summed E-state index contributed by atoms with van der Waals surface area (Å²) < 4.78 is 0. The molecule has 0 fully saturated rings. The molecule has 0 aliphatic heterocycles. The van der Waals surface area contributed by atoms with Crippen LogP contribution >= 0.6 is 11.6 Å². The minimum absolute atomic E-state index is 0.663. The summed E-state index contributed by atoms with van der Waals surface area (Å²) >= 11 is 6.44. The number of aliphatic imine (C=N–C) groups is 1. The van der Waals surface area contributed by atoms with Crippen molar-refractivity contribution in [1.82, 2.24) is 4.90 Å². The van der Waals surface area contributed by atoms with Crippen LogP contribution in [0, 0.1) is 6.92 Å². The molecular formula is C20H24ClN3. The van der Waals surface area contributed by atoms with Crippen LogP contribution in [-0.2, 0) is 12.8 Å². The van der Waals surface area contributed by atoms with Gasteiger partial charge in [0.05, 0.1) is 17.0 Å². The molecule has 0 bridgehead atoms. The van der Waals surface area contributed by atoms with E-state index >= 15 is 0 Å². The zero-order chi connectivity index (χ0) is 17.1. The largest absolute Gasteiger partial charge is 0.366 e. The molecule has 0 spiro atoms. The molecule has 2 aromatic carbocycles. The molecule has 0 saturated heterocycles. The van der Waals surface area contributed by atoms with Crippen LogP contribution in [0.4, 0.5) is 17.1 Å². The van der Waals surface area contributed by atoms with Gasteiger partial charge >= 0.3 is 0 Å². The highest BCUT2D eigenvalue weighted by molar-refractivity contribution is 6.33. The zero-order valence-electron chi connectivity index (χ0n) is 14.6. The molecule has 1 aliphatic rings. The van der Waals surface area contributed by atoms with E-state index in [-0.39, 0.29) is 0 Å². The first-order valence-corrected chi connectivity index (χ1v) is 8.88. The third-order valence-corrected chi connectivity index (χ3v) is 4.90. The second-order valence-corrected chi connectivity index (χ2v) is 6.77. The average Bonchev–Trinajstić information content (AvgIpc) is 3.06. The van der Waals surface area contributed by atoms with Gasteiger partial charge in [0.15, 0.2) is 0 Å². The van der Waals surface area contributed by atoms with Gasteiger partial charge in [-0.3, -0.25) is 0 Å². The van der Waals surface area contributed by atoms with Crippen molar-refractivity contribution < 1.29 is 0 Å². The number of anilines is 2. The Morgan fingerprint density at radius 2 is 2.08 bits per heavy atom. The Kier molecular flexibility index (Phi) is 5.10. The first kappa shape index (κ1) is 16.8. The van der Waals surface area contributed by atoms with Crippen LogP contribution in [0.3, 0.4) is 0 Å². The van der Waals surface area contributed by atoms with E-state index < -0.39 is 0 Å². The molecule has 1 N–H and O–H groups in total. The fraction of sp³-hybridized carbons (Fsp3) is 0.350. The van der Waals surface area contributed by atoms with Crippen LogP contribution < -0.4 is 5.32 Å². The molecule has 0 saturated carbocycles. The van der Waals surface area contributed by atoms with E-state index in [1.807, 2.05) is 30.4 Å². The van der Waals surface area contributed by atoms with Gasteiger partial charge in [-0.1, -0.05) is 23.7 Å². The lowest BCUT2D eigenvalue weighted by Crippen LogP contribution is -2.14. The van der Waals surface area contributed by atoms with Crippen LogP contribution in [0.5, 0.6) is 0 Å². The maximum atomic E-state index is 6.44. The topological polar surface area (TPSA) is 27.6 Å². The lowest BCUT2D eigenvalue weighted by atomic mass is 10.1. The Bertz CT molecular complexity index is 768. The Morgan fingerprint density at radius 1 is 1.25 bits per heavy atom. The number of benzene rings is 2. The van der Waals surface area contributed by atoms with Crippen molar-refractivity contribution in [2.75, 3.05) is 18.9 Å². The molecule has 0 atom stereocenters. The van der Waals surface area contributed by atoms with E-state index in [4.69, 9.17) is 11.6 Å². The standard InChI is InChI=1S/C20H24ClN3/c1-4-24(3)13-22-20-11-14(2)19(12-17(20)21)23-18-10-6-8-15-7-5-9-16(15)18/h6,8,10-13,23H,4-5,7,9H2,1-3H3. The monoisotopic (exact) mass is 341 g/mol. The normalized spacial score (nSPS) is 13.3. The summed E-state index contributed by atoms with van der Waals surface area (Å²) in [6.07, 6.45) is 5.39. The SMILES string of the molecule is CCN(C)C=Nc1cc(C)c(Nc2cccc3c2CCC3)cc1Cl. The molecule has 0 heterocycles. The van der Waals surface area contributed by atoms with Crippen molar-refractivity contribution in [2.45, 2.75) is 33.1 Å². The fourth-order valence-electron chi connectivity index (χ4n) is 3.02. The summed E-state index contributed by atoms with van der Waals surface area (Å²) in [5, 5.41) is 4.23. The van der Waals surface area contributed by atoms with Crippen molar-refractivity contribution >= 4 is 35.0 Å². The Labute approximate surface area is 149 Å². The van der Waals surface area contributed by atoms with Crippen LogP contribution in [0.1, 0.15) is 30.0 Å². The van der Waals surface area contributed by atoms with E-state index in [2.05, 4.69) is 42.4 Å². The van der Waals surface area contributed by atoms with E-state index in [0.29, 0.717) is 5.02 Å². The van der Waals surface area contributed by atoms with E-state index in [1.165, 1.54) is 29.7 Å². The second-order valence-electron chi connectivity index (χ2n) is 6.36. The molecular weight excluding hydrogens is 318 g/mol. The third kappa shape index (κ3) is 3.57. The first-order valence-electron chi connectivity index (χ1n) is 8.51. The Hall–Kier alpha value is -2.00. The fourth-order valence-corrected chi connectivity index (χ4v) is 3.24. The molecule has 0 aromatic heterocycles. The van der Waals surface area contributed by atoms with Gasteiger partial charge in [0.1, 0.15) is 0 Å². The zero-order valence-corrected chi connectivity index (χ0v) is 15.3. The number of hydrogen-bond donors (Lipinski definition) is 1. The molecule has 1 aliphatic carbocycles. The molecule has 24 heavy (non-hydrogen) atoms. The minimum Gasteiger partial charge on any atom is -0.366 e. The first-order chi connectivity index (χ1) is 11.6. The van der Waals surface area contributed by atoms with Crippen LogP contribution in [0.2, 0.25) is 5.02 Å². The number of aryl methyl sites for hydroxylation is 2. The van der Waals surface area contributed by atoms with Crippen LogP contribution in [0.25, 0.3) is 0 Å². The quantitative estimate of drug-likeness (QED) is 0.575. The summed E-state index contributed by atoms with van der Waals surface area (Å²) in [7, 11) is 2.00. The smallest absolute Gasteiger partial charge is 0.0910 e. The second kappa shape index (κ2) is 7.27. The van der Waals surface area contributed by atoms with Crippen molar-refractivity contribution in [3.8, 4) is 0 Å². The van der Waals surface area contributed by atoms with E-state index in [9.17, 15) is 0 Å². The van der Waals surface area contributed by atoms with Gasteiger partial charge in [0, 0.05) is 25.0 Å². The van der Waals surface area contributed by atoms with Gasteiger partial charge in [-0.05, 0) is 68.0 Å². The maximum absolute atomic E-state index is 6.44. The predicted molar refractivity (Wildman–Crippen MR) is 104 cm³/mol. The number of nitrogens with one attached hydrogen (secondary N) is 1. The van der Waals surface area contributed by atoms with E-state index in [1.54, 1.807) is 0 Å². The van der Waals surface area contributed by atoms with Gasteiger partial charge < -0.3 is 10.2 Å². The molecule has 3 rings (SSSR count). The van der Waals surface area contributed by atoms with E-state index in [0.717, 1.165) is 29.9 Å². The number of nitrogens with zero attached hydrogens (tertiary/aromatic N) is 2. The highest BCUT2D eigenvalue weighted by Gasteiger charge is 2.15. The van der Waals surface area contributed by atoms with Gasteiger partial charge in [-0.2, -0.15) is 0 Å². The lowest BCUT2D eigenvalue weighted by molar-refractivity contribution is 0.552. The van der Waals surface area contributed by atoms with Crippen LogP contribution in [-0.4, -0.2) is 24.8 Å². The van der Waals surface area contributed by atoms with Gasteiger partial charge in [-0.15, -0.1) is 0 Å². The summed E-state index contributed by atoms with van der Waals surface area (Å²) in [5.74, 6) is 0. The number of fused-ring (bicyclic) bond motifs is 1. The summed E-state index contributed by atoms with van der Waals surface area (Å²) in [5.41, 5.74) is 7.10. The third-order valence-electron chi connectivity index (χ3n) is 4.60. The average molecular weight is 342 g/mol. The molecule has 0 unspecified atom stereocenters. The number of rotatable bonds is 5. The Morgan fingerprint density at radius 3 is 2.88 bits per heavy atom. The molecule has 0 amide bonds. The summed E-state index contributed by atoms with van der Waals surface area (Å²) in [4.78, 5) is 6.50. The number of halogens is 1. The lowest BCUT2D eigenvalue weighted by Gasteiger charge is -2.15. The molecule has 4 heteroatoms. The van der Waals surface area contributed by atoms with Gasteiger partial charge in [-0.25, -0.2) is 4.99 Å². The Balaban J connectivity index is 1.86. The van der Waals surface area contributed by atoms with Crippen LogP contribution in [0.15, 0.2) is 35.3 Å². The summed E-state index contributed by atoms with van der Waals surface area (Å²) in [6, 6.07) is 10.5. The summed E-state index contributed by atoms with van der Waals surface area (Å²) in [6.45, 7) is 5.09. The molecule has 0 radical (unpaired) electrons. The molecule has 126 valence electrons. The highest BCUT2D eigenvalue weighted by atomic mass is 35.5. The molecule has 2 aromatic rings. The molecule has 3 nitrogen and oxygen atoms in total. The van der Waals surface area contributed by atoms with Gasteiger partial charge in [0.2, 0.25) is 0 Å². The van der Waals surface area contributed by atoms with Gasteiger partial charge in [0.25, 0.3) is 0 Å². The number of hydrogen-bond acceptors (Lipinski definition) is 2.